The Labute approximate surface area is 97.2 Å². The van der Waals surface area contributed by atoms with Gasteiger partial charge in [-0.05, 0) is 12.1 Å². The Hall–Kier alpha value is -0.580. The van der Waals surface area contributed by atoms with E-state index in [0.717, 1.165) is 9.17 Å². The molecule has 1 heterocycles. The molecule has 5 heteroatoms. The molecular weight excluding hydrogens is 288 g/mol. The summed E-state index contributed by atoms with van der Waals surface area (Å²) in [6.07, 6.45) is 0. The number of fused-ring (bicyclic) bond motifs is 1. The fraction of sp³-hybridized carbons (Fsp3) is 0. The van der Waals surface area contributed by atoms with Crippen LogP contribution in [-0.2, 0) is 0 Å². The number of rotatable bonds is 1. The molecule has 0 aliphatic rings. The molecule has 72 valence electrons. The lowest BCUT2D eigenvalue weighted by Gasteiger charge is -1.98. The van der Waals surface area contributed by atoms with Crippen LogP contribution in [0.1, 0.15) is 10.4 Å². The third-order valence-electron chi connectivity index (χ3n) is 1.85. The molecule has 2 rings (SSSR count). The fourth-order valence-corrected chi connectivity index (χ4v) is 3.17. The van der Waals surface area contributed by atoms with Gasteiger partial charge in [-0.2, -0.15) is 0 Å². The highest BCUT2D eigenvalue weighted by Gasteiger charge is 2.15. The lowest BCUT2D eigenvalue weighted by atomic mass is 10.2. The molecule has 0 amide bonds. The molecule has 0 unspecified atom stereocenters. The highest BCUT2D eigenvalue weighted by molar-refractivity contribution is 9.10. The number of carboxylic acid groups (broad SMARTS) is 1. The largest absolute Gasteiger partial charge is 0.478 e. The van der Waals surface area contributed by atoms with E-state index in [-0.39, 0.29) is 0 Å². The normalized spacial score (nSPS) is 10.7. The number of hydrogen-bond acceptors (Lipinski definition) is 2. The van der Waals surface area contributed by atoms with Gasteiger partial charge in [-0.15, -0.1) is 11.3 Å². The van der Waals surface area contributed by atoms with Crippen molar-refractivity contribution in [2.24, 2.45) is 0 Å². The van der Waals surface area contributed by atoms with Crippen LogP contribution in [0.3, 0.4) is 0 Å². The van der Waals surface area contributed by atoms with Gasteiger partial charge in [0, 0.05) is 15.2 Å². The smallest absolute Gasteiger partial charge is 0.337 e. The second kappa shape index (κ2) is 3.53. The van der Waals surface area contributed by atoms with Crippen LogP contribution in [0.25, 0.3) is 10.1 Å². The topological polar surface area (TPSA) is 37.3 Å². The summed E-state index contributed by atoms with van der Waals surface area (Å²) in [5.41, 5.74) is 0.291. The number of aromatic carboxylic acids is 1. The molecule has 0 aliphatic carbocycles. The summed E-state index contributed by atoms with van der Waals surface area (Å²) in [7, 11) is 0. The Kier molecular flexibility index (Phi) is 2.51. The first-order chi connectivity index (χ1) is 6.61. The average Bonchev–Trinajstić information content (AvgIpc) is 2.56. The molecule has 0 aliphatic heterocycles. The lowest BCUT2D eigenvalue weighted by molar-refractivity contribution is 0.0699. The number of halogens is 2. The summed E-state index contributed by atoms with van der Waals surface area (Å²) >= 11 is 10.6. The predicted molar refractivity (Wildman–Crippen MR) is 61.5 cm³/mol. The molecule has 0 spiro atoms. The second-order valence-corrected chi connectivity index (χ2v) is 4.83. The molecule has 2 nitrogen and oxygen atoms in total. The number of benzene rings is 1. The van der Waals surface area contributed by atoms with E-state index in [4.69, 9.17) is 16.7 Å². The number of carboxylic acids is 1. The maximum Gasteiger partial charge on any atom is 0.337 e. The van der Waals surface area contributed by atoms with E-state index >= 15 is 0 Å². The minimum absolute atomic E-state index is 0.291. The van der Waals surface area contributed by atoms with Crippen LogP contribution in [0.5, 0.6) is 0 Å². The predicted octanol–water partition coefficient (Wildman–Crippen LogP) is 4.02. The van der Waals surface area contributed by atoms with E-state index in [0.29, 0.717) is 16.0 Å². The average molecular weight is 292 g/mol. The van der Waals surface area contributed by atoms with Gasteiger partial charge in [-0.25, -0.2) is 4.79 Å². The Morgan fingerprint density at radius 1 is 1.50 bits per heavy atom. The van der Waals surface area contributed by atoms with Gasteiger partial charge >= 0.3 is 5.97 Å². The van der Waals surface area contributed by atoms with Crippen LogP contribution in [-0.4, -0.2) is 11.1 Å². The molecular formula is C9H4BrClO2S. The molecule has 0 bridgehead atoms. The zero-order valence-electron chi connectivity index (χ0n) is 6.75. The number of hydrogen-bond donors (Lipinski definition) is 1. The van der Waals surface area contributed by atoms with Gasteiger partial charge < -0.3 is 5.11 Å². The summed E-state index contributed by atoms with van der Waals surface area (Å²) < 4.78 is 1.56. The summed E-state index contributed by atoms with van der Waals surface area (Å²) in [4.78, 5) is 10.9. The highest BCUT2D eigenvalue weighted by Crippen LogP contribution is 2.37. The minimum atomic E-state index is -0.931. The van der Waals surface area contributed by atoms with Crippen LogP contribution in [0.4, 0.5) is 0 Å². The highest BCUT2D eigenvalue weighted by atomic mass is 79.9. The maximum atomic E-state index is 10.9. The van der Waals surface area contributed by atoms with E-state index < -0.39 is 5.97 Å². The molecule has 1 aromatic heterocycles. The molecule has 14 heavy (non-hydrogen) atoms. The second-order valence-electron chi connectivity index (χ2n) is 2.69. The Morgan fingerprint density at radius 3 is 2.86 bits per heavy atom. The SMILES string of the molecule is O=C(O)c1csc2c(Cl)ccc(Br)c12. The molecule has 0 atom stereocenters. The molecule has 0 radical (unpaired) electrons. The number of thiophene rings is 1. The summed E-state index contributed by atoms with van der Waals surface area (Å²) in [6.45, 7) is 0. The lowest BCUT2D eigenvalue weighted by Crippen LogP contribution is -1.93. The zero-order chi connectivity index (χ0) is 10.3. The summed E-state index contributed by atoms with van der Waals surface area (Å²) in [6, 6.07) is 3.50. The maximum absolute atomic E-state index is 10.9. The molecule has 0 saturated carbocycles. The van der Waals surface area contributed by atoms with Crippen molar-refractivity contribution in [3.8, 4) is 0 Å². The Bertz CT molecular complexity index is 521. The van der Waals surface area contributed by atoms with Gasteiger partial charge in [0.15, 0.2) is 0 Å². The van der Waals surface area contributed by atoms with Gasteiger partial charge in [-0.3, -0.25) is 0 Å². The minimum Gasteiger partial charge on any atom is -0.478 e. The van der Waals surface area contributed by atoms with Crippen molar-refractivity contribution in [3.05, 3.63) is 32.6 Å². The quantitative estimate of drug-likeness (QED) is 0.862. The summed E-state index contributed by atoms with van der Waals surface area (Å²) in [5, 5.41) is 11.8. The van der Waals surface area contributed by atoms with Crippen molar-refractivity contribution in [2.45, 2.75) is 0 Å². The van der Waals surface area contributed by atoms with Crippen LogP contribution >= 0.6 is 38.9 Å². The van der Waals surface area contributed by atoms with Crippen molar-refractivity contribution in [3.63, 3.8) is 0 Å². The van der Waals surface area contributed by atoms with E-state index in [1.807, 2.05) is 0 Å². The molecule has 2 aromatic rings. The van der Waals surface area contributed by atoms with Crippen molar-refractivity contribution in [1.29, 1.82) is 0 Å². The molecule has 1 N–H and O–H groups in total. The first-order valence-electron chi connectivity index (χ1n) is 3.69. The van der Waals surface area contributed by atoms with Crippen LogP contribution < -0.4 is 0 Å². The van der Waals surface area contributed by atoms with E-state index in [1.54, 1.807) is 17.5 Å². The number of carbonyl (C=O) groups is 1. The van der Waals surface area contributed by atoms with Gasteiger partial charge in [0.25, 0.3) is 0 Å². The molecule has 1 aromatic carbocycles. The van der Waals surface area contributed by atoms with Crippen LogP contribution in [0.2, 0.25) is 5.02 Å². The monoisotopic (exact) mass is 290 g/mol. The fourth-order valence-electron chi connectivity index (χ4n) is 1.23. The van der Waals surface area contributed by atoms with E-state index in [9.17, 15) is 4.79 Å². The van der Waals surface area contributed by atoms with Crippen molar-refractivity contribution in [2.75, 3.05) is 0 Å². The van der Waals surface area contributed by atoms with Gasteiger partial charge in [0.2, 0.25) is 0 Å². The Balaban J connectivity index is 2.90. The molecule has 0 saturated heterocycles. The van der Waals surface area contributed by atoms with Crippen molar-refractivity contribution in [1.82, 2.24) is 0 Å². The van der Waals surface area contributed by atoms with Crippen LogP contribution in [0.15, 0.2) is 22.0 Å². The van der Waals surface area contributed by atoms with Gasteiger partial charge in [-0.1, -0.05) is 27.5 Å². The first-order valence-corrected chi connectivity index (χ1v) is 5.75. The summed E-state index contributed by atoms with van der Waals surface area (Å²) in [5.74, 6) is -0.931. The van der Waals surface area contributed by atoms with Crippen molar-refractivity contribution >= 4 is 54.9 Å². The first kappa shape index (κ1) is 9.96. The van der Waals surface area contributed by atoms with Crippen molar-refractivity contribution < 1.29 is 9.90 Å². The third kappa shape index (κ3) is 1.43. The third-order valence-corrected chi connectivity index (χ3v) is 3.95. The standard InChI is InChI=1S/C9H4BrClO2S/c10-5-1-2-6(11)8-7(5)4(3-14-8)9(12)13/h1-3H,(H,12,13). The van der Waals surface area contributed by atoms with Gasteiger partial charge in [0.1, 0.15) is 0 Å². The van der Waals surface area contributed by atoms with Crippen LogP contribution in [0, 0.1) is 0 Å². The van der Waals surface area contributed by atoms with E-state index in [2.05, 4.69) is 15.9 Å². The molecule has 0 fully saturated rings. The zero-order valence-corrected chi connectivity index (χ0v) is 9.91. The van der Waals surface area contributed by atoms with E-state index in [1.165, 1.54) is 11.3 Å². The van der Waals surface area contributed by atoms with Gasteiger partial charge in [0.05, 0.1) is 15.3 Å². The Morgan fingerprint density at radius 2 is 2.21 bits per heavy atom.